The molecule has 0 saturated heterocycles. The van der Waals surface area contributed by atoms with Crippen molar-refractivity contribution < 1.29 is 19.4 Å². The Morgan fingerprint density at radius 3 is 2.55 bits per heavy atom. The van der Waals surface area contributed by atoms with Crippen molar-refractivity contribution in [3.8, 4) is 0 Å². The highest BCUT2D eigenvalue weighted by molar-refractivity contribution is 5.82. The van der Waals surface area contributed by atoms with Crippen LogP contribution in [0, 0.1) is 5.92 Å². The number of aliphatic carboxylic acids is 1. The fraction of sp³-hybridized carbons (Fsp3) is 0.467. The summed E-state index contributed by atoms with van der Waals surface area (Å²) in [5.41, 5.74) is 0.907. The molecule has 0 bridgehead atoms. The van der Waals surface area contributed by atoms with Crippen molar-refractivity contribution in [3.05, 3.63) is 35.9 Å². The summed E-state index contributed by atoms with van der Waals surface area (Å²) in [6.45, 7) is 0.536. The van der Waals surface area contributed by atoms with Crippen LogP contribution in [0.5, 0.6) is 0 Å². The van der Waals surface area contributed by atoms with Gasteiger partial charge in [0, 0.05) is 6.54 Å². The first-order valence-corrected chi connectivity index (χ1v) is 6.76. The fourth-order valence-electron chi connectivity index (χ4n) is 1.89. The van der Waals surface area contributed by atoms with E-state index in [0.29, 0.717) is 19.1 Å². The van der Waals surface area contributed by atoms with Crippen molar-refractivity contribution in [2.24, 2.45) is 5.92 Å². The molecule has 5 heteroatoms. The average molecular weight is 277 g/mol. The van der Waals surface area contributed by atoms with Crippen molar-refractivity contribution >= 4 is 11.9 Å². The van der Waals surface area contributed by atoms with E-state index in [4.69, 9.17) is 9.84 Å². The van der Waals surface area contributed by atoms with Gasteiger partial charge in [0.15, 0.2) is 0 Å². The predicted molar refractivity (Wildman–Crippen MR) is 73.0 cm³/mol. The summed E-state index contributed by atoms with van der Waals surface area (Å²) in [5.74, 6) is -0.710. The van der Waals surface area contributed by atoms with E-state index < -0.39 is 5.97 Å². The second kappa shape index (κ2) is 7.05. The third-order valence-electron chi connectivity index (χ3n) is 3.17. The molecule has 0 aliphatic heterocycles. The maximum Gasteiger partial charge on any atom is 0.323 e. The summed E-state index contributed by atoms with van der Waals surface area (Å²) >= 11 is 0. The van der Waals surface area contributed by atoms with Gasteiger partial charge in [0.2, 0.25) is 5.91 Å². The molecule has 1 fully saturated rings. The first-order chi connectivity index (χ1) is 9.65. The van der Waals surface area contributed by atoms with Crippen molar-refractivity contribution in [2.45, 2.75) is 19.4 Å². The minimum atomic E-state index is -1.02. The van der Waals surface area contributed by atoms with E-state index in [1.807, 2.05) is 30.3 Å². The lowest BCUT2D eigenvalue weighted by Crippen LogP contribution is -2.37. The summed E-state index contributed by atoms with van der Waals surface area (Å²) in [6, 6.07) is 9.34. The van der Waals surface area contributed by atoms with Crippen molar-refractivity contribution in [1.29, 1.82) is 0 Å². The van der Waals surface area contributed by atoms with Crippen LogP contribution in [0.15, 0.2) is 30.3 Å². The maximum absolute atomic E-state index is 12.0. The SMILES string of the molecule is O=C(O)CN(Cc1ccccc1)C(=O)COCC1CC1. The maximum atomic E-state index is 12.0. The molecule has 1 amide bonds. The van der Waals surface area contributed by atoms with Gasteiger partial charge in [-0.2, -0.15) is 0 Å². The number of rotatable bonds is 8. The molecule has 1 aliphatic carbocycles. The van der Waals surface area contributed by atoms with Gasteiger partial charge in [-0.15, -0.1) is 0 Å². The third kappa shape index (κ3) is 5.01. The average Bonchev–Trinajstić information content (AvgIpc) is 3.23. The molecule has 1 aliphatic rings. The second-order valence-corrected chi connectivity index (χ2v) is 5.09. The zero-order valence-corrected chi connectivity index (χ0v) is 11.3. The number of hydrogen-bond acceptors (Lipinski definition) is 3. The molecule has 0 aromatic heterocycles. The predicted octanol–water partition coefficient (Wildman–Crippen LogP) is 1.53. The van der Waals surface area contributed by atoms with Gasteiger partial charge in [0.1, 0.15) is 13.2 Å². The van der Waals surface area contributed by atoms with Crippen LogP contribution in [0.25, 0.3) is 0 Å². The van der Waals surface area contributed by atoms with Crippen molar-refractivity contribution in [1.82, 2.24) is 4.90 Å². The number of hydrogen-bond donors (Lipinski definition) is 1. The Kier molecular flexibility index (Phi) is 5.12. The lowest BCUT2D eigenvalue weighted by atomic mass is 10.2. The molecule has 1 N–H and O–H groups in total. The van der Waals surface area contributed by atoms with Gasteiger partial charge in [-0.05, 0) is 24.3 Å². The van der Waals surface area contributed by atoms with Gasteiger partial charge < -0.3 is 14.7 Å². The van der Waals surface area contributed by atoms with Crippen LogP contribution in [-0.2, 0) is 20.9 Å². The van der Waals surface area contributed by atoms with Crippen molar-refractivity contribution in [3.63, 3.8) is 0 Å². The molecule has 108 valence electrons. The summed E-state index contributed by atoms with van der Waals surface area (Å²) in [5, 5.41) is 8.90. The molecular formula is C15H19NO4. The Bertz CT molecular complexity index is 456. The number of carbonyl (C=O) groups excluding carboxylic acids is 1. The Hall–Kier alpha value is -1.88. The van der Waals surface area contributed by atoms with Gasteiger partial charge >= 0.3 is 5.97 Å². The van der Waals surface area contributed by atoms with Crippen LogP contribution < -0.4 is 0 Å². The summed E-state index contributed by atoms with van der Waals surface area (Å²) in [4.78, 5) is 24.2. The highest BCUT2D eigenvalue weighted by atomic mass is 16.5. The van der Waals surface area contributed by atoms with Crippen LogP contribution in [0.1, 0.15) is 18.4 Å². The van der Waals surface area contributed by atoms with E-state index in [1.165, 1.54) is 4.90 Å². The van der Waals surface area contributed by atoms with Crippen LogP contribution >= 0.6 is 0 Å². The lowest BCUT2D eigenvalue weighted by molar-refractivity contribution is -0.147. The Balaban J connectivity index is 1.87. The normalized spacial score (nSPS) is 14.0. The minimum Gasteiger partial charge on any atom is -0.480 e. The number of nitrogens with zero attached hydrogens (tertiary/aromatic N) is 1. The molecule has 20 heavy (non-hydrogen) atoms. The number of carbonyl (C=O) groups is 2. The highest BCUT2D eigenvalue weighted by Gasteiger charge is 2.23. The largest absolute Gasteiger partial charge is 0.480 e. The first-order valence-electron chi connectivity index (χ1n) is 6.76. The molecule has 5 nitrogen and oxygen atoms in total. The molecule has 1 saturated carbocycles. The Labute approximate surface area is 118 Å². The number of amides is 1. The third-order valence-corrected chi connectivity index (χ3v) is 3.17. The molecule has 1 aromatic carbocycles. The van der Waals surface area contributed by atoms with Gasteiger partial charge in [-0.3, -0.25) is 9.59 Å². The first kappa shape index (κ1) is 14.5. The zero-order chi connectivity index (χ0) is 14.4. The zero-order valence-electron chi connectivity index (χ0n) is 11.3. The molecule has 0 heterocycles. The summed E-state index contributed by atoms with van der Waals surface area (Å²) < 4.78 is 5.34. The molecule has 1 aromatic rings. The number of ether oxygens (including phenoxy) is 1. The number of benzene rings is 1. The molecule has 0 spiro atoms. The van der Waals surface area contributed by atoms with E-state index >= 15 is 0 Å². The van der Waals surface area contributed by atoms with Crippen LogP contribution in [0.3, 0.4) is 0 Å². The minimum absolute atomic E-state index is 0.0450. The molecule has 2 rings (SSSR count). The van der Waals surface area contributed by atoms with Crippen molar-refractivity contribution in [2.75, 3.05) is 19.8 Å². The topological polar surface area (TPSA) is 66.8 Å². The van der Waals surface area contributed by atoms with E-state index in [2.05, 4.69) is 0 Å². The van der Waals surface area contributed by atoms with Crippen LogP contribution in [-0.4, -0.2) is 41.6 Å². The standard InChI is InChI=1S/C15H19NO4/c17-14(11-20-10-13-6-7-13)16(9-15(18)19)8-12-4-2-1-3-5-12/h1-5,13H,6-11H2,(H,18,19). The number of carboxylic acids is 1. The fourth-order valence-corrected chi connectivity index (χ4v) is 1.89. The Morgan fingerprint density at radius 1 is 1.25 bits per heavy atom. The van der Waals surface area contributed by atoms with E-state index in [1.54, 1.807) is 0 Å². The summed E-state index contributed by atoms with van der Waals surface area (Å²) in [6.07, 6.45) is 2.33. The highest BCUT2D eigenvalue weighted by Crippen LogP contribution is 2.28. The number of carboxylic acid groups (broad SMARTS) is 1. The molecule has 0 radical (unpaired) electrons. The molecular weight excluding hydrogens is 258 g/mol. The molecule has 0 atom stereocenters. The quantitative estimate of drug-likeness (QED) is 0.782. The lowest BCUT2D eigenvalue weighted by Gasteiger charge is -2.20. The van der Waals surface area contributed by atoms with E-state index in [9.17, 15) is 9.59 Å². The van der Waals surface area contributed by atoms with Gasteiger partial charge in [-0.1, -0.05) is 30.3 Å². The van der Waals surface area contributed by atoms with E-state index in [-0.39, 0.29) is 19.1 Å². The van der Waals surface area contributed by atoms with Crippen LogP contribution in [0.2, 0.25) is 0 Å². The summed E-state index contributed by atoms with van der Waals surface area (Å²) in [7, 11) is 0. The second-order valence-electron chi connectivity index (χ2n) is 5.09. The monoisotopic (exact) mass is 277 g/mol. The van der Waals surface area contributed by atoms with Gasteiger partial charge in [0.05, 0.1) is 6.61 Å². The van der Waals surface area contributed by atoms with Gasteiger partial charge in [-0.25, -0.2) is 0 Å². The van der Waals surface area contributed by atoms with E-state index in [0.717, 1.165) is 18.4 Å². The van der Waals surface area contributed by atoms with Gasteiger partial charge in [0.25, 0.3) is 0 Å². The van der Waals surface area contributed by atoms with Crippen LogP contribution in [0.4, 0.5) is 0 Å². The Morgan fingerprint density at radius 2 is 1.95 bits per heavy atom. The molecule has 0 unspecified atom stereocenters. The smallest absolute Gasteiger partial charge is 0.323 e.